The van der Waals surface area contributed by atoms with Crippen LogP contribution in [0.1, 0.15) is 204 Å². The van der Waals surface area contributed by atoms with Crippen molar-refractivity contribution < 1.29 is 24.3 Å². The van der Waals surface area contributed by atoms with Gasteiger partial charge in [0.25, 0.3) is 0 Å². The van der Waals surface area contributed by atoms with Gasteiger partial charge in [-0.2, -0.15) is 0 Å². The maximum absolute atomic E-state index is 12.6. The molecule has 0 bridgehead atoms. The summed E-state index contributed by atoms with van der Waals surface area (Å²) < 4.78 is 0. The molecule has 0 spiro atoms. The molecule has 6 atom stereocenters. The van der Waals surface area contributed by atoms with E-state index >= 15 is 0 Å². The van der Waals surface area contributed by atoms with Crippen LogP contribution in [0.2, 0.25) is 0 Å². The summed E-state index contributed by atoms with van der Waals surface area (Å²) in [6, 6.07) is 98.2. The van der Waals surface area contributed by atoms with Crippen LogP contribution in [-0.4, -0.2) is 86.7 Å². The number of carbonyl (C=O) groups is 4. The monoisotopic (exact) mass is 1460 g/mol. The first-order chi connectivity index (χ1) is 54.4. The number of aliphatic hydroxyl groups excluding tert-OH is 1. The molecule has 0 heterocycles. The number of rotatable bonds is 14. The highest BCUT2D eigenvalue weighted by molar-refractivity contribution is 6.03. The Morgan fingerprint density at radius 1 is 0.324 bits per heavy atom. The van der Waals surface area contributed by atoms with Gasteiger partial charge in [-0.15, -0.1) is 6.58 Å². The van der Waals surface area contributed by atoms with Crippen LogP contribution in [0.4, 0.5) is 0 Å². The third-order valence-electron chi connectivity index (χ3n) is 25.6. The van der Waals surface area contributed by atoms with Crippen LogP contribution in [0, 0.1) is 0 Å². The molecule has 11 aromatic carbocycles. The first-order valence-corrected chi connectivity index (χ1v) is 40.4. The second kappa shape index (κ2) is 32.9. The molecule has 11 aromatic rings. The van der Waals surface area contributed by atoms with E-state index in [4.69, 9.17) is 0 Å². The fourth-order valence-corrected chi connectivity index (χ4v) is 20.2. The van der Waals surface area contributed by atoms with Gasteiger partial charge in [-0.3, -0.25) is 33.9 Å². The van der Waals surface area contributed by atoms with Crippen molar-refractivity contribution in [2.45, 2.75) is 169 Å². The molecule has 0 fully saturated rings. The Bertz CT molecular complexity index is 5130. The van der Waals surface area contributed by atoms with Crippen LogP contribution in [-0.2, 0) is 70.8 Å². The average Bonchev–Trinajstić information content (AvgIpc) is 1.60. The van der Waals surface area contributed by atoms with Crippen LogP contribution >= 0.6 is 0 Å². The highest BCUT2D eigenvalue weighted by Crippen LogP contribution is 2.45. The van der Waals surface area contributed by atoms with Gasteiger partial charge in [-0.05, 0) is 172 Å². The fraction of sp³-hybridized carbons (Fsp3) is 0.287. The van der Waals surface area contributed by atoms with Crippen molar-refractivity contribution in [2.24, 2.45) is 0 Å². The summed E-state index contributed by atoms with van der Waals surface area (Å²) in [6.45, 7) is 5.65. The Morgan fingerprint density at radius 3 is 1.06 bits per heavy atom. The van der Waals surface area contributed by atoms with Crippen molar-refractivity contribution in [3.8, 4) is 0 Å². The van der Waals surface area contributed by atoms with E-state index in [9.17, 15) is 24.3 Å². The Balaban J connectivity index is 0.000000101. The molecular weight excluding hydrogens is 1360 g/mol. The Hall–Kier alpha value is -10.4. The van der Waals surface area contributed by atoms with Crippen LogP contribution in [0.5, 0.6) is 0 Å². The predicted octanol–water partition coefficient (Wildman–Crippen LogP) is 18.4. The Labute approximate surface area is 654 Å². The number of hydrogen-bond donors (Lipinski definition) is 3. The lowest BCUT2D eigenvalue weighted by Gasteiger charge is -2.35. The van der Waals surface area contributed by atoms with Crippen LogP contribution in [0.25, 0.3) is 0 Å². The van der Waals surface area contributed by atoms with Crippen LogP contribution < -0.4 is 10.6 Å². The van der Waals surface area contributed by atoms with Crippen molar-refractivity contribution in [1.82, 2.24) is 25.3 Å². The van der Waals surface area contributed by atoms with Crippen LogP contribution in [0.15, 0.2) is 286 Å². The largest absolute Gasteiger partial charge is 0.388 e. The molecule has 10 aliphatic carbocycles. The van der Waals surface area contributed by atoms with Crippen molar-refractivity contribution in [1.29, 1.82) is 0 Å². The normalized spacial score (nSPS) is 20.8. The minimum absolute atomic E-state index is 0.174. The molecule has 0 saturated carbocycles. The molecule has 0 aromatic heterocycles. The lowest BCUT2D eigenvalue weighted by atomic mass is 10.0. The zero-order valence-corrected chi connectivity index (χ0v) is 63.6. The van der Waals surface area contributed by atoms with Crippen molar-refractivity contribution in [3.63, 3.8) is 0 Å². The van der Waals surface area contributed by atoms with E-state index in [-0.39, 0.29) is 53.4 Å². The molecule has 6 unspecified atom stereocenters. The molecule has 558 valence electrons. The van der Waals surface area contributed by atoms with Gasteiger partial charge in [0.15, 0.2) is 23.1 Å². The number of aliphatic hydroxyl groups is 1. The molecule has 3 N–H and O–H groups in total. The molecule has 10 nitrogen and oxygen atoms in total. The molecule has 111 heavy (non-hydrogen) atoms. The minimum Gasteiger partial charge on any atom is -0.388 e. The third kappa shape index (κ3) is 15.6. The van der Waals surface area contributed by atoms with Crippen molar-refractivity contribution in [2.75, 3.05) is 13.6 Å². The second-order valence-corrected chi connectivity index (χ2v) is 32.3. The van der Waals surface area contributed by atoms with Gasteiger partial charge in [0.05, 0.1) is 6.10 Å². The summed E-state index contributed by atoms with van der Waals surface area (Å²) in [7, 11) is 2.18. The highest BCUT2D eigenvalue weighted by Gasteiger charge is 2.42. The standard InChI is InChI=1S/C25H23NO.C21H21NO.C19H19NO.C18H19NO.C18H17NO/c27-25-16-24(22-12-6-7-13-23(22)25)26(17-18-8-2-1-3-9-18)21-14-19-10-4-5-11-20(19)15-21;1-2-11-22(17-12-15-7-3-4-8-16(15)13-17)20-14-21(23)19-10-6-5-9-18(19)20;1-20(15-10-13-6-2-3-7-14(13)11-15)18-12-19(21)17-9-5-4-8-16(17)18;2*20-18-11-17(15-7-3-4-8-16(15)18)19-14-9-12-5-1-2-6-13(12)10-14/h1-13,21,24H,14-17H2;2-10,17,20H,1,11-14H2;2-9,15,18H,10-12H2,1H3;1-8,14,17-20H,9-11H2;1-8,14,17,19H,9-11H2. The molecule has 21 rings (SSSR count). The first-order valence-electron chi connectivity index (χ1n) is 40.4. The van der Waals surface area contributed by atoms with Gasteiger partial charge >= 0.3 is 0 Å². The van der Waals surface area contributed by atoms with Gasteiger partial charge in [-0.1, -0.05) is 279 Å². The molecule has 0 saturated heterocycles. The van der Waals surface area contributed by atoms with Gasteiger partial charge in [-0.25, -0.2) is 0 Å². The molecule has 0 radical (unpaired) electrons. The fourth-order valence-electron chi connectivity index (χ4n) is 20.2. The lowest BCUT2D eigenvalue weighted by molar-refractivity contribution is 0.0894. The number of nitrogens with zero attached hydrogens (tertiary/aromatic N) is 3. The Kier molecular flexibility index (Phi) is 21.7. The van der Waals surface area contributed by atoms with E-state index in [1.807, 2.05) is 84.9 Å². The smallest absolute Gasteiger partial charge is 0.165 e. The molecule has 10 heteroatoms. The van der Waals surface area contributed by atoms with Crippen molar-refractivity contribution in [3.05, 3.63) is 402 Å². The maximum Gasteiger partial charge on any atom is 0.165 e. The second-order valence-electron chi connectivity index (χ2n) is 32.3. The molecule has 0 aliphatic heterocycles. The third-order valence-corrected chi connectivity index (χ3v) is 25.6. The topological polar surface area (TPSA) is 122 Å². The lowest BCUT2D eigenvalue weighted by Crippen LogP contribution is -2.38. The zero-order valence-electron chi connectivity index (χ0n) is 63.6. The van der Waals surface area contributed by atoms with E-state index in [2.05, 4.69) is 233 Å². The number of carbonyl (C=O) groups excluding carboxylic acids is 4. The van der Waals surface area contributed by atoms with Gasteiger partial charge in [0.2, 0.25) is 0 Å². The van der Waals surface area contributed by atoms with Gasteiger partial charge in [0.1, 0.15) is 0 Å². The number of ketones is 4. The Morgan fingerprint density at radius 2 is 0.631 bits per heavy atom. The molecule has 0 amide bonds. The van der Waals surface area contributed by atoms with E-state index in [0.717, 1.165) is 112 Å². The maximum atomic E-state index is 12.6. The predicted molar refractivity (Wildman–Crippen MR) is 442 cm³/mol. The van der Waals surface area contributed by atoms with E-state index in [1.54, 1.807) is 0 Å². The van der Waals surface area contributed by atoms with Gasteiger partial charge in [0, 0.05) is 121 Å². The summed E-state index contributed by atoms with van der Waals surface area (Å²) in [5, 5.41) is 17.6. The minimum atomic E-state index is -0.313. The summed E-state index contributed by atoms with van der Waals surface area (Å²) in [5.74, 6) is 1.12. The van der Waals surface area contributed by atoms with Crippen LogP contribution in [0.3, 0.4) is 0 Å². The summed E-state index contributed by atoms with van der Waals surface area (Å²) >= 11 is 0. The highest BCUT2D eigenvalue weighted by atomic mass is 16.3. The molecular formula is C101H99N5O5. The average molecular weight is 1460 g/mol. The number of fused-ring (bicyclic) bond motifs is 10. The number of nitrogens with one attached hydrogen (secondary N) is 2. The van der Waals surface area contributed by atoms with E-state index in [1.165, 1.54) is 89.0 Å². The number of Topliss-reactive ketones (excluding diaryl/α,β-unsaturated/α-hetero) is 4. The molecule has 10 aliphatic rings. The number of hydrogen-bond acceptors (Lipinski definition) is 10. The number of likely N-dealkylation sites (N-methyl/N-ethyl adjacent to an activating group) is 1. The summed E-state index contributed by atoms with van der Waals surface area (Å²) in [5.41, 5.74) is 26.7. The van der Waals surface area contributed by atoms with Crippen molar-refractivity contribution >= 4 is 23.1 Å². The SMILES string of the molecule is C=CCN(C1Cc2ccccc2C1)C1CC(=O)c2ccccc21.CN(C1Cc2ccccc2C1)C1CC(=O)c2ccccc21.O=C1CC(N(Cc2ccccc2)C2Cc3ccccc3C2)c2ccccc21.O=C1CC(NC2Cc3ccccc3C2)c2ccccc21.OC1CC(NC2Cc3ccccc3C2)c2ccccc21. The zero-order chi connectivity index (χ0) is 75.5. The summed E-state index contributed by atoms with van der Waals surface area (Å²) in [6.07, 6.45) is 15.7. The summed E-state index contributed by atoms with van der Waals surface area (Å²) in [4.78, 5) is 56.7. The quantitative estimate of drug-likeness (QED) is 0.0907. The van der Waals surface area contributed by atoms with E-state index < -0.39 is 0 Å². The first kappa shape index (κ1) is 73.4. The number of benzene rings is 11. The van der Waals surface area contributed by atoms with E-state index in [0.29, 0.717) is 61.9 Å². The van der Waals surface area contributed by atoms with Gasteiger partial charge < -0.3 is 15.7 Å².